The fourth-order valence-corrected chi connectivity index (χ4v) is 3.66. The van der Waals surface area contributed by atoms with Gasteiger partial charge in [0.1, 0.15) is 5.82 Å². The molecule has 1 aliphatic rings. The summed E-state index contributed by atoms with van der Waals surface area (Å²) in [5.74, 6) is 2.09. The summed E-state index contributed by atoms with van der Waals surface area (Å²) in [4.78, 5) is 11.8. The Morgan fingerprint density at radius 1 is 1.42 bits per heavy atom. The number of rotatable bonds is 7. The average Bonchev–Trinajstić information content (AvgIpc) is 2.84. The van der Waals surface area contributed by atoms with E-state index in [0.717, 1.165) is 40.2 Å². The largest absolute Gasteiger partial charge is 0.355 e. The predicted octanol–water partition coefficient (Wildman–Crippen LogP) is 3.22. The first-order valence-electron chi connectivity index (χ1n) is 8.16. The fraction of sp³-hybridized carbons (Fsp3) is 0.471. The number of carbonyl (C=O) groups excluding carboxylic acids is 1. The molecule has 1 aromatic carbocycles. The van der Waals surface area contributed by atoms with Crippen molar-refractivity contribution in [1.29, 1.82) is 0 Å². The zero-order chi connectivity index (χ0) is 16.9. The fourth-order valence-electron chi connectivity index (χ4n) is 2.58. The van der Waals surface area contributed by atoms with E-state index in [1.807, 2.05) is 35.9 Å². The number of nitrogens with one attached hydrogen (secondary N) is 1. The number of hydrogen-bond acceptors (Lipinski definition) is 4. The van der Waals surface area contributed by atoms with Gasteiger partial charge < -0.3 is 9.88 Å². The number of carbonyl (C=O) groups is 1. The van der Waals surface area contributed by atoms with Gasteiger partial charge in [-0.05, 0) is 30.5 Å². The Labute approximate surface area is 151 Å². The van der Waals surface area contributed by atoms with Crippen LogP contribution in [-0.2, 0) is 24.0 Å². The second kappa shape index (κ2) is 8.03. The molecule has 5 nitrogen and oxygen atoms in total. The zero-order valence-electron chi connectivity index (χ0n) is 13.7. The molecule has 3 rings (SSSR count). The Morgan fingerprint density at radius 2 is 2.25 bits per heavy atom. The van der Waals surface area contributed by atoms with Crippen LogP contribution in [0.5, 0.6) is 0 Å². The van der Waals surface area contributed by atoms with E-state index in [2.05, 4.69) is 15.5 Å². The maximum atomic E-state index is 11.8. The zero-order valence-corrected chi connectivity index (χ0v) is 15.2. The van der Waals surface area contributed by atoms with Crippen molar-refractivity contribution in [3.63, 3.8) is 0 Å². The highest BCUT2D eigenvalue weighted by atomic mass is 35.5. The van der Waals surface area contributed by atoms with Gasteiger partial charge in [-0.2, -0.15) is 0 Å². The van der Waals surface area contributed by atoms with Crippen LogP contribution in [-0.4, -0.2) is 27.2 Å². The summed E-state index contributed by atoms with van der Waals surface area (Å²) in [5, 5.41) is 13.1. The van der Waals surface area contributed by atoms with Crippen LogP contribution in [0, 0.1) is 5.92 Å². The van der Waals surface area contributed by atoms with Crippen molar-refractivity contribution in [2.75, 3.05) is 6.54 Å². The van der Waals surface area contributed by atoms with Crippen LogP contribution < -0.4 is 5.32 Å². The van der Waals surface area contributed by atoms with E-state index in [9.17, 15) is 4.79 Å². The SMILES string of the molecule is Cn1c(CCNC(=O)C2CCC2)nnc1SCc1cccc(Cl)c1. The van der Waals surface area contributed by atoms with Gasteiger partial charge in [0.05, 0.1) is 0 Å². The van der Waals surface area contributed by atoms with Gasteiger partial charge in [0.15, 0.2) is 5.16 Å². The first kappa shape index (κ1) is 17.3. The molecule has 1 saturated carbocycles. The van der Waals surface area contributed by atoms with Gasteiger partial charge in [-0.25, -0.2) is 0 Å². The molecule has 0 atom stereocenters. The Bertz CT molecular complexity index is 714. The van der Waals surface area contributed by atoms with Crippen LogP contribution in [0.15, 0.2) is 29.4 Å². The third-order valence-electron chi connectivity index (χ3n) is 4.31. The highest BCUT2D eigenvalue weighted by Crippen LogP contribution is 2.26. The first-order valence-corrected chi connectivity index (χ1v) is 9.53. The normalized spacial score (nSPS) is 14.4. The third-order valence-corrected chi connectivity index (χ3v) is 5.63. The van der Waals surface area contributed by atoms with Crippen molar-refractivity contribution in [3.05, 3.63) is 40.7 Å². The van der Waals surface area contributed by atoms with Gasteiger partial charge in [-0.3, -0.25) is 4.79 Å². The second-order valence-electron chi connectivity index (χ2n) is 6.05. The maximum Gasteiger partial charge on any atom is 0.223 e. The molecule has 0 aliphatic heterocycles. The lowest BCUT2D eigenvalue weighted by Crippen LogP contribution is -2.35. The molecule has 7 heteroatoms. The second-order valence-corrected chi connectivity index (χ2v) is 7.42. The number of nitrogens with zero attached hydrogens (tertiary/aromatic N) is 3. The Balaban J connectivity index is 1.48. The molecule has 24 heavy (non-hydrogen) atoms. The number of aromatic nitrogens is 3. The number of amides is 1. The molecule has 1 amide bonds. The highest BCUT2D eigenvalue weighted by molar-refractivity contribution is 7.98. The van der Waals surface area contributed by atoms with E-state index < -0.39 is 0 Å². The third kappa shape index (κ3) is 4.30. The molecule has 0 unspecified atom stereocenters. The van der Waals surface area contributed by atoms with E-state index in [1.54, 1.807) is 11.8 Å². The molecule has 0 radical (unpaired) electrons. The van der Waals surface area contributed by atoms with Crippen LogP contribution in [0.4, 0.5) is 0 Å². The summed E-state index contributed by atoms with van der Waals surface area (Å²) in [5.41, 5.74) is 1.16. The van der Waals surface area contributed by atoms with Crippen molar-refractivity contribution in [3.8, 4) is 0 Å². The van der Waals surface area contributed by atoms with Crippen LogP contribution in [0.25, 0.3) is 0 Å². The number of hydrogen-bond donors (Lipinski definition) is 1. The smallest absolute Gasteiger partial charge is 0.223 e. The number of benzene rings is 1. The van der Waals surface area contributed by atoms with Crippen molar-refractivity contribution >= 4 is 29.3 Å². The van der Waals surface area contributed by atoms with Crippen molar-refractivity contribution in [1.82, 2.24) is 20.1 Å². The molecule has 1 heterocycles. The van der Waals surface area contributed by atoms with Crippen LogP contribution >= 0.6 is 23.4 Å². The lowest BCUT2D eigenvalue weighted by molar-refractivity contribution is -0.127. The summed E-state index contributed by atoms with van der Waals surface area (Å²) in [6.07, 6.45) is 3.93. The number of halogens is 1. The van der Waals surface area contributed by atoms with Crippen molar-refractivity contribution in [2.24, 2.45) is 13.0 Å². The summed E-state index contributed by atoms with van der Waals surface area (Å²) in [6, 6.07) is 7.83. The minimum absolute atomic E-state index is 0.180. The Kier molecular flexibility index (Phi) is 5.79. The van der Waals surface area contributed by atoms with Gasteiger partial charge in [0.2, 0.25) is 5.91 Å². The van der Waals surface area contributed by atoms with E-state index in [0.29, 0.717) is 13.0 Å². The molecule has 1 aliphatic carbocycles. The highest BCUT2D eigenvalue weighted by Gasteiger charge is 2.24. The van der Waals surface area contributed by atoms with Crippen molar-refractivity contribution < 1.29 is 4.79 Å². The van der Waals surface area contributed by atoms with Crippen LogP contribution in [0.3, 0.4) is 0 Å². The molecule has 1 N–H and O–H groups in total. The standard InChI is InChI=1S/C17H21ClN4OS/c1-22-15(8-9-19-16(23)13-5-3-6-13)20-21-17(22)24-11-12-4-2-7-14(18)10-12/h2,4,7,10,13H,3,5-6,8-9,11H2,1H3,(H,19,23). The first-order chi connectivity index (χ1) is 11.6. The topological polar surface area (TPSA) is 59.8 Å². The molecule has 2 aromatic rings. The Morgan fingerprint density at radius 3 is 2.96 bits per heavy atom. The minimum Gasteiger partial charge on any atom is -0.355 e. The number of thioether (sulfide) groups is 1. The molecule has 1 fully saturated rings. The van der Waals surface area contributed by atoms with E-state index in [1.165, 1.54) is 6.42 Å². The van der Waals surface area contributed by atoms with Gasteiger partial charge in [0.25, 0.3) is 0 Å². The molecule has 0 saturated heterocycles. The van der Waals surface area contributed by atoms with E-state index in [-0.39, 0.29) is 11.8 Å². The van der Waals surface area contributed by atoms with Gasteiger partial charge in [-0.15, -0.1) is 10.2 Å². The maximum absolute atomic E-state index is 11.8. The average molecular weight is 365 g/mol. The summed E-state index contributed by atoms with van der Waals surface area (Å²) in [6.45, 7) is 0.611. The summed E-state index contributed by atoms with van der Waals surface area (Å²) >= 11 is 7.64. The molecular weight excluding hydrogens is 344 g/mol. The van der Waals surface area contributed by atoms with Gasteiger partial charge in [0, 0.05) is 36.7 Å². The molecule has 0 bridgehead atoms. The van der Waals surface area contributed by atoms with Crippen molar-refractivity contribution in [2.45, 2.75) is 36.6 Å². The predicted molar refractivity (Wildman–Crippen MR) is 96.1 cm³/mol. The van der Waals surface area contributed by atoms with Gasteiger partial charge in [-0.1, -0.05) is 41.9 Å². The van der Waals surface area contributed by atoms with E-state index >= 15 is 0 Å². The summed E-state index contributed by atoms with van der Waals surface area (Å²) in [7, 11) is 1.96. The monoisotopic (exact) mass is 364 g/mol. The summed E-state index contributed by atoms with van der Waals surface area (Å²) < 4.78 is 1.99. The minimum atomic E-state index is 0.180. The van der Waals surface area contributed by atoms with Crippen LogP contribution in [0.1, 0.15) is 30.7 Å². The lowest BCUT2D eigenvalue weighted by atomic mass is 9.85. The van der Waals surface area contributed by atoms with Gasteiger partial charge >= 0.3 is 0 Å². The molecule has 128 valence electrons. The molecule has 0 spiro atoms. The molecular formula is C17H21ClN4OS. The molecule has 1 aromatic heterocycles. The quantitative estimate of drug-likeness (QED) is 0.766. The van der Waals surface area contributed by atoms with E-state index in [4.69, 9.17) is 11.6 Å². The lowest BCUT2D eigenvalue weighted by Gasteiger charge is -2.23. The van der Waals surface area contributed by atoms with Crippen LogP contribution in [0.2, 0.25) is 5.02 Å². The Hall–Kier alpha value is -1.53.